The molecule has 1 aliphatic rings. The number of nitrogens with zero attached hydrogens (tertiary/aromatic N) is 2. The summed E-state index contributed by atoms with van der Waals surface area (Å²) in [5, 5.41) is 0. The minimum absolute atomic E-state index is 0.104. The Morgan fingerprint density at radius 3 is 2.23 bits per heavy atom. The average Bonchev–Trinajstić information content (AvgIpc) is 2.53. The van der Waals surface area contributed by atoms with Crippen molar-refractivity contribution in [2.45, 2.75) is 31.3 Å². The van der Waals surface area contributed by atoms with Gasteiger partial charge in [0.1, 0.15) is 11.4 Å². The van der Waals surface area contributed by atoms with Gasteiger partial charge in [0, 0.05) is 30.7 Å². The Morgan fingerprint density at radius 2 is 1.69 bits per heavy atom. The summed E-state index contributed by atoms with van der Waals surface area (Å²) in [7, 11) is -3.71. The largest absolute Gasteiger partial charge is 0.444 e. The molecule has 0 unspecified atom stereocenters. The molecule has 1 fully saturated rings. The van der Waals surface area contributed by atoms with Gasteiger partial charge in [-0.2, -0.15) is 0 Å². The number of carbonyl (C=O) groups is 2. The fourth-order valence-electron chi connectivity index (χ4n) is 2.46. The maximum atomic E-state index is 12.4. The summed E-state index contributed by atoms with van der Waals surface area (Å²) in [5.74, 6) is -1.05. The van der Waals surface area contributed by atoms with Gasteiger partial charge in [0.25, 0.3) is 0 Å². The molecule has 7 nitrogen and oxygen atoms in total. The van der Waals surface area contributed by atoms with Crippen LogP contribution < -0.4 is 0 Å². The number of halogens is 1. The van der Waals surface area contributed by atoms with Gasteiger partial charge in [-0.05, 0) is 39.0 Å². The number of hydrogen-bond donors (Lipinski definition) is 0. The van der Waals surface area contributed by atoms with Crippen LogP contribution in [0.4, 0.5) is 4.79 Å². The minimum atomic E-state index is -3.71. The predicted octanol–water partition coefficient (Wildman–Crippen LogP) is 2.30. The van der Waals surface area contributed by atoms with Gasteiger partial charge in [-0.25, -0.2) is 13.2 Å². The highest BCUT2D eigenvalue weighted by molar-refractivity contribution is 9.10. The first-order valence-corrected chi connectivity index (χ1v) is 10.7. The summed E-state index contributed by atoms with van der Waals surface area (Å²) in [6.07, 6.45) is -0.425. The van der Waals surface area contributed by atoms with Crippen LogP contribution in [0.3, 0.4) is 0 Å². The number of benzene rings is 1. The summed E-state index contributed by atoms with van der Waals surface area (Å²) in [5.41, 5.74) is -0.581. The van der Waals surface area contributed by atoms with Crippen molar-refractivity contribution in [3.8, 4) is 0 Å². The molecule has 0 N–H and O–H groups in total. The second-order valence-electron chi connectivity index (χ2n) is 7.06. The second kappa shape index (κ2) is 7.96. The van der Waals surface area contributed by atoms with Gasteiger partial charge in [-0.1, -0.05) is 22.0 Å². The van der Waals surface area contributed by atoms with Gasteiger partial charge in [-0.15, -0.1) is 0 Å². The highest BCUT2D eigenvalue weighted by Gasteiger charge is 2.30. The summed E-state index contributed by atoms with van der Waals surface area (Å²) in [4.78, 5) is 27.5. The maximum absolute atomic E-state index is 12.4. The molecule has 0 radical (unpaired) electrons. The van der Waals surface area contributed by atoms with Crippen molar-refractivity contribution in [1.29, 1.82) is 0 Å². The molecule has 1 heterocycles. The first-order chi connectivity index (χ1) is 12.0. The number of piperazine rings is 1. The molecule has 2 rings (SSSR count). The molecular formula is C17H23BrN2O5S. The number of sulfone groups is 1. The van der Waals surface area contributed by atoms with Crippen LogP contribution in [0.25, 0.3) is 0 Å². The fourth-order valence-corrected chi connectivity index (χ4v) is 4.28. The van der Waals surface area contributed by atoms with E-state index in [4.69, 9.17) is 4.74 Å². The minimum Gasteiger partial charge on any atom is -0.444 e. The molecule has 0 bridgehead atoms. The molecular weight excluding hydrogens is 424 g/mol. The van der Waals surface area contributed by atoms with E-state index in [1.54, 1.807) is 32.9 Å². The molecule has 144 valence electrons. The van der Waals surface area contributed by atoms with E-state index in [2.05, 4.69) is 15.9 Å². The molecule has 0 atom stereocenters. The Bertz CT molecular complexity index is 781. The SMILES string of the molecule is CC(C)(C)OC(=O)N1CCN(C(=O)CS(=O)(=O)c2cccc(Br)c2)CC1. The third-order valence-corrected chi connectivity index (χ3v) is 5.85. The van der Waals surface area contributed by atoms with Gasteiger partial charge in [0.05, 0.1) is 4.90 Å². The smallest absolute Gasteiger partial charge is 0.410 e. The van der Waals surface area contributed by atoms with E-state index in [1.807, 2.05) is 0 Å². The van der Waals surface area contributed by atoms with Crippen LogP contribution in [0.15, 0.2) is 33.6 Å². The fraction of sp³-hybridized carbons (Fsp3) is 0.529. The van der Waals surface area contributed by atoms with Gasteiger partial charge in [0.2, 0.25) is 5.91 Å². The van der Waals surface area contributed by atoms with Crippen molar-refractivity contribution in [3.63, 3.8) is 0 Å². The van der Waals surface area contributed by atoms with Crippen molar-refractivity contribution < 1.29 is 22.7 Å². The van der Waals surface area contributed by atoms with Crippen LogP contribution in [0.1, 0.15) is 20.8 Å². The molecule has 1 aromatic carbocycles. The first-order valence-electron chi connectivity index (χ1n) is 8.22. The second-order valence-corrected chi connectivity index (χ2v) is 9.97. The lowest BCUT2D eigenvalue weighted by Gasteiger charge is -2.35. The van der Waals surface area contributed by atoms with Gasteiger partial charge < -0.3 is 14.5 Å². The first kappa shape index (κ1) is 20.7. The normalized spacial score (nSPS) is 15.7. The number of carbonyl (C=O) groups excluding carboxylic acids is 2. The van der Waals surface area contributed by atoms with Gasteiger partial charge >= 0.3 is 6.09 Å². The van der Waals surface area contributed by atoms with Gasteiger partial charge in [0.15, 0.2) is 9.84 Å². The topological polar surface area (TPSA) is 84.0 Å². The predicted molar refractivity (Wildman–Crippen MR) is 101 cm³/mol. The van der Waals surface area contributed by atoms with Crippen LogP contribution in [-0.2, 0) is 19.4 Å². The zero-order valence-corrected chi connectivity index (χ0v) is 17.5. The van der Waals surface area contributed by atoms with Crippen molar-refractivity contribution in [1.82, 2.24) is 9.80 Å². The van der Waals surface area contributed by atoms with Crippen molar-refractivity contribution in [2.75, 3.05) is 31.9 Å². The molecule has 1 saturated heterocycles. The Balaban J connectivity index is 1.93. The van der Waals surface area contributed by atoms with Crippen LogP contribution >= 0.6 is 15.9 Å². The zero-order chi connectivity index (χ0) is 19.5. The summed E-state index contributed by atoms with van der Waals surface area (Å²) < 4.78 is 30.8. The Labute approximate surface area is 162 Å². The van der Waals surface area contributed by atoms with Crippen molar-refractivity contribution in [2.24, 2.45) is 0 Å². The lowest BCUT2D eigenvalue weighted by molar-refractivity contribution is -0.130. The highest BCUT2D eigenvalue weighted by atomic mass is 79.9. The third kappa shape index (κ3) is 5.70. The van der Waals surface area contributed by atoms with E-state index in [-0.39, 0.29) is 18.0 Å². The lowest BCUT2D eigenvalue weighted by Crippen LogP contribution is -2.52. The molecule has 1 aliphatic heterocycles. The standard InChI is InChI=1S/C17H23BrN2O5S/c1-17(2,3)25-16(22)20-9-7-19(8-10-20)15(21)12-26(23,24)14-6-4-5-13(18)11-14/h4-6,11H,7-10,12H2,1-3H3. The zero-order valence-electron chi connectivity index (χ0n) is 15.1. The van der Waals surface area contributed by atoms with Crippen molar-refractivity contribution in [3.05, 3.63) is 28.7 Å². The van der Waals surface area contributed by atoms with E-state index in [9.17, 15) is 18.0 Å². The van der Waals surface area contributed by atoms with Crippen molar-refractivity contribution >= 4 is 37.8 Å². The van der Waals surface area contributed by atoms with Crippen LogP contribution in [-0.4, -0.2) is 67.8 Å². The summed E-state index contributed by atoms with van der Waals surface area (Å²) in [6.45, 7) is 6.57. The number of amides is 2. The number of rotatable bonds is 3. The molecule has 26 heavy (non-hydrogen) atoms. The van der Waals surface area contributed by atoms with Crippen LogP contribution in [0.5, 0.6) is 0 Å². The lowest BCUT2D eigenvalue weighted by atomic mass is 10.2. The van der Waals surface area contributed by atoms with Crippen LogP contribution in [0.2, 0.25) is 0 Å². The number of ether oxygens (including phenoxy) is 1. The number of hydrogen-bond acceptors (Lipinski definition) is 5. The van der Waals surface area contributed by atoms with Crippen LogP contribution in [0, 0.1) is 0 Å². The third-order valence-electron chi connectivity index (χ3n) is 3.75. The molecule has 0 aliphatic carbocycles. The molecule has 1 aromatic rings. The van der Waals surface area contributed by atoms with E-state index < -0.39 is 33.2 Å². The van der Waals surface area contributed by atoms with E-state index in [0.717, 1.165) is 0 Å². The molecule has 0 saturated carbocycles. The molecule has 2 amide bonds. The summed E-state index contributed by atoms with van der Waals surface area (Å²) in [6, 6.07) is 6.27. The van der Waals surface area contributed by atoms with Gasteiger partial charge in [-0.3, -0.25) is 4.79 Å². The maximum Gasteiger partial charge on any atom is 0.410 e. The molecule has 9 heteroatoms. The Kier molecular flexibility index (Phi) is 6.33. The van der Waals surface area contributed by atoms with E-state index in [0.29, 0.717) is 17.6 Å². The average molecular weight is 447 g/mol. The van der Waals surface area contributed by atoms with E-state index >= 15 is 0 Å². The monoisotopic (exact) mass is 446 g/mol. The highest BCUT2D eigenvalue weighted by Crippen LogP contribution is 2.18. The van der Waals surface area contributed by atoms with E-state index in [1.165, 1.54) is 21.9 Å². The molecule has 0 spiro atoms. The Morgan fingerprint density at radius 1 is 1.12 bits per heavy atom. The summed E-state index contributed by atoms with van der Waals surface area (Å²) >= 11 is 3.23. The Hall–Kier alpha value is -1.61. The quantitative estimate of drug-likeness (QED) is 0.710. The molecule has 0 aromatic heterocycles.